The van der Waals surface area contributed by atoms with E-state index in [1.54, 1.807) is 0 Å². The van der Waals surface area contributed by atoms with Crippen molar-refractivity contribution in [2.45, 2.75) is 57.3 Å². The van der Waals surface area contributed by atoms with Crippen molar-refractivity contribution in [1.82, 2.24) is 10.2 Å². The van der Waals surface area contributed by atoms with Crippen molar-refractivity contribution in [2.24, 2.45) is 0 Å². The molecule has 0 bridgehead atoms. The summed E-state index contributed by atoms with van der Waals surface area (Å²) in [6, 6.07) is 0.291. The number of halogens is 3. The van der Waals surface area contributed by atoms with Gasteiger partial charge in [0.15, 0.2) is 0 Å². The van der Waals surface area contributed by atoms with E-state index in [1.807, 2.05) is 18.7 Å². The lowest BCUT2D eigenvalue weighted by atomic mass is 9.95. The van der Waals surface area contributed by atoms with Crippen LogP contribution in [0.4, 0.5) is 13.2 Å². The second-order valence-corrected chi connectivity index (χ2v) is 5.70. The van der Waals surface area contributed by atoms with Crippen molar-refractivity contribution in [3.05, 3.63) is 0 Å². The Bertz CT molecular complexity index is 259. The van der Waals surface area contributed by atoms with Crippen molar-refractivity contribution in [3.8, 4) is 0 Å². The molecule has 2 N–H and O–H groups in total. The molecule has 1 rings (SSSR count). The van der Waals surface area contributed by atoms with E-state index in [0.717, 1.165) is 19.3 Å². The maximum atomic E-state index is 12.1. The van der Waals surface area contributed by atoms with Crippen LogP contribution in [0.3, 0.4) is 0 Å². The Kier molecular flexibility index (Phi) is 6.08. The van der Waals surface area contributed by atoms with Crippen LogP contribution in [0.15, 0.2) is 0 Å². The third-order valence-corrected chi connectivity index (χ3v) is 3.98. The first kappa shape index (κ1) is 16.7. The van der Waals surface area contributed by atoms with Gasteiger partial charge in [0.1, 0.15) is 0 Å². The zero-order valence-electron chi connectivity index (χ0n) is 11.8. The largest absolute Gasteiger partial charge is 0.394 e. The topological polar surface area (TPSA) is 35.5 Å². The summed E-state index contributed by atoms with van der Waals surface area (Å²) < 4.78 is 36.4. The molecule has 0 spiro atoms. The van der Waals surface area contributed by atoms with Crippen molar-refractivity contribution >= 4 is 0 Å². The van der Waals surface area contributed by atoms with E-state index >= 15 is 0 Å². The standard InChI is InChI=1S/C13H25F3N2O/c1-3-12(2,10-19)17-11-4-7-18(8-5-11)9-6-13(14,15)16/h11,17,19H,3-10H2,1-2H3. The molecule has 0 aromatic rings. The van der Waals surface area contributed by atoms with Crippen LogP contribution in [-0.4, -0.2) is 54.0 Å². The number of nitrogens with one attached hydrogen (secondary N) is 1. The van der Waals surface area contributed by atoms with Crippen LogP contribution in [0, 0.1) is 0 Å². The molecule has 1 heterocycles. The molecule has 114 valence electrons. The Morgan fingerprint density at radius 3 is 2.26 bits per heavy atom. The zero-order chi connectivity index (χ0) is 14.5. The van der Waals surface area contributed by atoms with Crippen LogP contribution in [0.25, 0.3) is 0 Å². The van der Waals surface area contributed by atoms with Crippen LogP contribution in [0.2, 0.25) is 0 Å². The monoisotopic (exact) mass is 282 g/mol. The maximum Gasteiger partial charge on any atom is 0.390 e. The highest BCUT2D eigenvalue weighted by atomic mass is 19.4. The fourth-order valence-electron chi connectivity index (χ4n) is 2.34. The molecule has 0 saturated carbocycles. The SMILES string of the molecule is CCC(C)(CO)NC1CCN(CCC(F)(F)F)CC1. The lowest BCUT2D eigenvalue weighted by Crippen LogP contribution is -2.53. The van der Waals surface area contributed by atoms with Crippen molar-refractivity contribution < 1.29 is 18.3 Å². The third-order valence-electron chi connectivity index (χ3n) is 3.98. The fraction of sp³-hybridized carbons (Fsp3) is 1.00. The molecular formula is C13H25F3N2O. The number of rotatable bonds is 6. The smallest absolute Gasteiger partial charge is 0.390 e. The Morgan fingerprint density at radius 2 is 1.84 bits per heavy atom. The number of piperidine rings is 1. The number of alkyl halides is 3. The first-order valence-corrected chi connectivity index (χ1v) is 6.95. The van der Waals surface area contributed by atoms with E-state index in [9.17, 15) is 18.3 Å². The van der Waals surface area contributed by atoms with Gasteiger partial charge in [0.2, 0.25) is 0 Å². The number of aliphatic hydroxyl groups is 1. The zero-order valence-corrected chi connectivity index (χ0v) is 11.8. The number of hydrogen-bond donors (Lipinski definition) is 2. The van der Waals surface area contributed by atoms with Crippen LogP contribution in [0.1, 0.15) is 39.5 Å². The quantitative estimate of drug-likeness (QED) is 0.783. The highest BCUT2D eigenvalue weighted by Crippen LogP contribution is 2.22. The van der Waals surface area contributed by atoms with Gasteiger partial charge in [0.05, 0.1) is 13.0 Å². The average Bonchev–Trinajstić information content (AvgIpc) is 2.37. The molecule has 1 unspecified atom stereocenters. The Morgan fingerprint density at radius 1 is 1.26 bits per heavy atom. The minimum Gasteiger partial charge on any atom is -0.394 e. The Hall–Kier alpha value is -0.330. The predicted octanol–water partition coefficient (Wildman–Crippen LogP) is 2.15. The molecule has 1 aliphatic rings. The van der Waals surface area contributed by atoms with Crippen LogP contribution in [-0.2, 0) is 0 Å². The summed E-state index contributed by atoms with van der Waals surface area (Å²) in [5, 5.41) is 12.8. The van der Waals surface area contributed by atoms with Crippen molar-refractivity contribution in [3.63, 3.8) is 0 Å². The van der Waals surface area contributed by atoms with Gasteiger partial charge in [-0.15, -0.1) is 0 Å². The summed E-state index contributed by atoms with van der Waals surface area (Å²) in [5.74, 6) is 0. The summed E-state index contributed by atoms with van der Waals surface area (Å²) in [5.41, 5.74) is -0.279. The molecule has 0 radical (unpaired) electrons. The molecule has 1 fully saturated rings. The minimum absolute atomic E-state index is 0.0811. The van der Waals surface area contributed by atoms with Crippen molar-refractivity contribution in [1.29, 1.82) is 0 Å². The van der Waals surface area contributed by atoms with E-state index in [0.29, 0.717) is 19.1 Å². The Labute approximate surface area is 113 Å². The first-order valence-electron chi connectivity index (χ1n) is 6.95. The number of likely N-dealkylation sites (tertiary alicyclic amines) is 1. The van der Waals surface area contributed by atoms with Gasteiger partial charge in [-0.25, -0.2) is 0 Å². The first-order chi connectivity index (χ1) is 8.78. The molecule has 1 atom stereocenters. The van der Waals surface area contributed by atoms with Gasteiger partial charge in [0, 0.05) is 18.1 Å². The van der Waals surface area contributed by atoms with Crippen LogP contribution >= 0.6 is 0 Å². The molecule has 1 saturated heterocycles. The highest BCUT2D eigenvalue weighted by Gasteiger charge is 2.30. The van der Waals surface area contributed by atoms with E-state index in [-0.39, 0.29) is 18.7 Å². The average molecular weight is 282 g/mol. The van der Waals surface area contributed by atoms with Crippen LogP contribution < -0.4 is 5.32 Å². The second kappa shape index (κ2) is 6.90. The van der Waals surface area contributed by atoms with Gasteiger partial charge in [0.25, 0.3) is 0 Å². The molecular weight excluding hydrogens is 257 g/mol. The van der Waals surface area contributed by atoms with Gasteiger partial charge in [-0.1, -0.05) is 6.92 Å². The van der Waals surface area contributed by atoms with Gasteiger partial charge in [-0.3, -0.25) is 0 Å². The molecule has 19 heavy (non-hydrogen) atoms. The number of nitrogens with zero attached hydrogens (tertiary/aromatic N) is 1. The number of aliphatic hydroxyl groups excluding tert-OH is 1. The van der Waals surface area contributed by atoms with Gasteiger partial charge in [-0.05, 0) is 39.3 Å². The van der Waals surface area contributed by atoms with Crippen molar-refractivity contribution in [2.75, 3.05) is 26.2 Å². The summed E-state index contributed by atoms with van der Waals surface area (Å²) in [4.78, 5) is 1.87. The van der Waals surface area contributed by atoms with E-state index in [2.05, 4.69) is 5.32 Å². The molecule has 0 aliphatic carbocycles. The van der Waals surface area contributed by atoms with Crippen LogP contribution in [0.5, 0.6) is 0 Å². The molecule has 0 aromatic heterocycles. The summed E-state index contributed by atoms with van der Waals surface area (Å²) in [7, 11) is 0. The molecule has 1 aliphatic heterocycles. The van der Waals surface area contributed by atoms with Gasteiger partial charge < -0.3 is 15.3 Å². The number of hydrogen-bond acceptors (Lipinski definition) is 3. The minimum atomic E-state index is -4.06. The second-order valence-electron chi connectivity index (χ2n) is 5.70. The summed E-state index contributed by atoms with van der Waals surface area (Å²) >= 11 is 0. The van der Waals surface area contributed by atoms with Gasteiger partial charge >= 0.3 is 6.18 Å². The molecule has 3 nitrogen and oxygen atoms in total. The third kappa shape index (κ3) is 6.10. The summed E-state index contributed by atoms with van der Waals surface area (Å²) in [6.45, 7) is 5.56. The normalized spacial score (nSPS) is 22.4. The van der Waals surface area contributed by atoms with E-state index in [4.69, 9.17) is 0 Å². The lowest BCUT2D eigenvalue weighted by molar-refractivity contribution is -0.138. The summed E-state index contributed by atoms with van der Waals surface area (Å²) in [6.07, 6.45) is -2.28. The Balaban J connectivity index is 2.29. The van der Waals surface area contributed by atoms with Gasteiger partial charge in [-0.2, -0.15) is 13.2 Å². The fourth-order valence-corrected chi connectivity index (χ4v) is 2.34. The lowest BCUT2D eigenvalue weighted by Gasteiger charge is -2.38. The van der Waals surface area contributed by atoms with E-state index in [1.165, 1.54) is 0 Å². The highest BCUT2D eigenvalue weighted by molar-refractivity contribution is 4.87. The molecule has 0 amide bonds. The van der Waals surface area contributed by atoms with E-state index < -0.39 is 12.6 Å². The maximum absolute atomic E-state index is 12.1. The molecule has 6 heteroatoms. The predicted molar refractivity (Wildman–Crippen MR) is 69.1 cm³/mol. The molecule has 0 aromatic carbocycles.